The second-order valence-electron chi connectivity index (χ2n) is 4.32. The lowest BCUT2D eigenvalue weighted by molar-refractivity contribution is 0.0852. The highest BCUT2D eigenvalue weighted by Gasteiger charge is 2.37. The van der Waals surface area contributed by atoms with Gasteiger partial charge in [0, 0.05) is 5.33 Å². The smallest absolute Gasteiger partial charge is 0.254 e. The van der Waals surface area contributed by atoms with Crippen molar-refractivity contribution in [3.63, 3.8) is 0 Å². The summed E-state index contributed by atoms with van der Waals surface area (Å²) in [5.74, 6) is -1.06. The molecule has 1 aromatic carbocycles. The van der Waals surface area contributed by atoms with Crippen LogP contribution in [0.5, 0.6) is 0 Å². The van der Waals surface area contributed by atoms with Crippen molar-refractivity contribution in [1.82, 2.24) is 5.32 Å². The van der Waals surface area contributed by atoms with Gasteiger partial charge in [0.1, 0.15) is 0 Å². The first-order chi connectivity index (χ1) is 8.08. The molecule has 0 spiro atoms. The fraction of sp³-hybridized carbons (Fsp3) is 0.417. The molecule has 1 aliphatic carbocycles. The Morgan fingerprint density at radius 1 is 1.53 bits per heavy atom. The first-order valence-corrected chi connectivity index (χ1v) is 6.90. The van der Waals surface area contributed by atoms with Gasteiger partial charge in [0.25, 0.3) is 5.91 Å². The van der Waals surface area contributed by atoms with Crippen molar-refractivity contribution in [2.75, 3.05) is 5.33 Å². The standard InChI is InChI=1S/C12H12BrClFNO/c13-7-12(5-2-6-12)16-11(17)8-3-1-4-9(14)10(8)15/h1,3-4H,2,5-7H2,(H,16,17). The molecule has 1 aromatic rings. The molecule has 1 fully saturated rings. The van der Waals surface area contributed by atoms with Crippen LogP contribution >= 0.6 is 27.5 Å². The van der Waals surface area contributed by atoms with Crippen molar-refractivity contribution in [3.8, 4) is 0 Å². The Hall–Kier alpha value is -0.610. The fourth-order valence-corrected chi connectivity index (χ4v) is 2.76. The molecule has 92 valence electrons. The van der Waals surface area contributed by atoms with Crippen LogP contribution in [0.2, 0.25) is 5.02 Å². The molecule has 0 radical (unpaired) electrons. The number of carbonyl (C=O) groups excluding carboxylic acids is 1. The molecular formula is C12H12BrClFNO. The van der Waals surface area contributed by atoms with E-state index >= 15 is 0 Å². The van der Waals surface area contributed by atoms with Crippen LogP contribution in [0.3, 0.4) is 0 Å². The second kappa shape index (κ2) is 4.94. The van der Waals surface area contributed by atoms with E-state index in [-0.39, 0.29) is 16.1 Å². The molecule has 0 heterocycles. The predicted molar refractivity (Wildman–Crippen MR) is 69.3 cm³/mol. The number of hydrogen-bond donors (Lipinski definition) is 1. The van der Waals surface area contributed by atoms with Gasteiger partial charge in [0.15, 0.2) is 5.82 Å². The molecule has 0 aliphatic heterocycles. The number of alkyl halides is 1. The first-order valence-electron chi connectivity index (χ1n) is 5.40. The van der Waals surface area contributed by atoms with Crippen LogP contribution in [0.4, 0.5) is 4.39 Å². The largest absolute Gasteiger partial charge is 0.346 e. The van der Waals surface area contributed by atoms with Crippen LogP contribution in [-0.2, 0) is 0 Å². The van der Waals surface area contributed by atoms with E-state index in [9.17, 15) is 9.18 Å². The summed E-state index contributed by atoms with van der Waals surface area (Å²) in [6.07, 6.45) is 2.93. The van der Waals surface area contributed by atoms with E-state index in [0.29, 0.717) is 5.33 Å². The molecule has 5 heteroatoms. The maximum atomic E-state index is 13.6. The van der Waals surface area contributed by atoms with Crippen LogP contribution in [0.25, 0.3) is 0 Å². The molecule has 0 atom stereocenters. The average Bonchev–Trinajstić information content (AvgIpc) is 2.27. The Morgan fingerprint density at radius 3 is 2.76 bits per heavy atom. The Kier molecular flexibility index (Phi) is 3.73. The van der Waals surface area contributed by atoms with Crippen LogP contribution in [0.1, 0.15) is 29.6 Å². The lowest BCUT2D eigenvalue weighted by Gasteiger charge is -2.41. The summed E-state index contributed by atoms with van der Waals surface area (Å²) in [5, 5.41) is 3.54. The first kappa shape index (κ1) is 12.8. The monoisotopic (exact) mass is 319 g/mol. The van der Waals surface area contributed by atoms with E-state index in [1.54, 1.807) is 6.07 Å². The van der Waals surface area contributed by atoms with E-state index in [1.807, 2.05) is 0 Å². The molecule has 0 unspecified atom stereocenters. The van der Waals surface area contributed by atoms with Gasteiger partial charge in [-0.1, -0.05) is 33.6 Å². The quantitative estimate of drug-likeness (QED) is 0.848. The minimum Gasteiger partial charge on any atom is -0.346 e. The summed E-state index contributed by atoms with van der Waals surface area (Å²) in [4.78, 5) is 12.0. The van der Waals surface area contributed by atoms with Crippen molar-refractivity contribution >= 4 is 33.4 Å². The Bertz CT molecular complexity index is 443. The van der Waals surface area contributed by atoms with Gasteiger partial charge in [-0.05, 0) is 31.4 Å². The minimum absolute atomic E-state index is 0.00438. The molecule has 2 rings (SSSR count). The lowest BCUT2D eigenvalue weighted by atomic mass is 9.78. The van der Waals surface area contributed by atoms with Gasteiger partial charge in [-0.2, -0.15) is 0 Å². The number of carbonyl (C=O) groups is 1. The maximum Gasteiger partial charge on any atom is 0.254 e. The van der Waals surface area contributed by atoms with E-state index in [4.69, 9.17) is 11.6 Å². The topological polar surface area (TPSA) is 29.1 Å². The summed E-state index contributed by atoms with van der Waals surface area (Å²) in [6, 6.07) is 4.44. The van der Waals surface area contributed by atoms with Crippen molar-refractivity contribution < 1.29 is 9.18 Å². The molecule has 2 nitrogen and oxygen atoms in total. The molecule has 1 saturated carbocycles. The van der Waals surface area contributed by atoms with Gasteiger partial charge >= 0.3 is 0 Å². The van der Waals surface area contributed by atoms with Gasteiger partial charge in [-0.25, -0.2) is 4.39 Å². The molecule has 1 amide bonds. The molecule has 0 bridgehead atoms. The summed E-state index contributed by atoms with van der Waals surface area (Å²) in [5.41, 5.74) is -0.212. The minimum atomic E-state index is -0.657. The highest BCUT2D eigenvalue weighted by Crippen LogP contribution is 2.33. The van der Waals surface area contributed by atoms with E-state index in [1.165, 1.54) is 12.1 Å². The number of rotatable bonds is 3. The third kappa shape index (κ3) is 2.47. The van der Waals surface area contributed by atoms with Crippen molar-refractivity contribution in [2.45, 2.75) is 24.8 Å². The van der Waals surface area contributed by atoms with E-state index < -0.39 is 11.7 Å². The number of benzene rings is 1. The molecule has 0 saturated heterocycles. The van der Waals surface area contributed by atoms with Gasteiger partial charge in [-0.15, -0.1) is 0 Å². The van der Waals surface area contributed by atoms with Crippen molar-refractivity contribution in [1.29, 1.82) is 0 Å². The predicted octanol–water partition coefficient (Wildman–Crippen LogP) is 3.53. The third-order valence-electron chi connectivity index (χ3n) is 3.14. The van der Waals surface area contributed by atoms with Crippen molar-refractivity contribution in [3.05, 3.63) is 34.6 Å². The van der Waals surface area contributed by atoms with Crippen LogP contribution in [-0.4, -0.2) is 16.8 Å². The third-order valence-corrected chi connectivity index (χ3v) is 4.51. The van der Waals surface area contributed by atoms with Gasteiger partial charge < -0.3 is 5.32 Å². The van der Waals surface area contributed by atoms with Gasteiger partial charge in [0.05, 0.1) is 16.1 Å². The highest BCUT2D eigenvalue weighted by atomic mass is 79.9. The number of amides is 1. The van der Waals surface area contributed by atoms with Crippen LogP contribution < -0.4 is 5.32 Å². The van der Waals surface area contributed by atoms with Crippen LogP contribution in [0, 0.1) is 5.82 Å². The zero-order valence-corrected chi connectivity index (χ0v) is 11.4. The zero-order valence-electron chi connectivity index (χ0n) is 9.10. The van der Waals surface area contributed by atoms with E-state index in [2.05, 4.69) is 21.2 Å². The van der Waals surface area contributed by atoms with Crippen molar-refractivity contribution in [2.24, 2.45) is 0 Å². The Balaban J connectivity index is 2.17. The molecule has 17 heavy (non-hydrogen) atoms. The second-order valence-corrected chi connectivity index (χ2v) is 5.29. The Morgan fingerprint density at radius 2 is 2.24 bits per heavy atom. The zero-order chi connectivity index (χ0) is 12.5. The Labute approximate surface area is 113 Å². The normalized spacial score (nSPS) is 17.4. The van der Waals surface area contributed by atoms with Crippen LogP contribution in [0.15, 0.2) is 18.2 Å². The lowest BCUT2D eigenvalue weighted by Crippen LogP contribution is -2.55. The number of nitrogens with one attached hydrogen (secondary N) is 1. The summed E-state index contributed by atoms with van der Waals surface area (Å²) < 4.78 is 13.6. The number of halogens is 3. The fourth-order valence-electron chi connectivity index (χ4n) is 1.88. The number of hydrogen-bond acceptors (Lipinski definition) is 1. The summed E-state index contributed by atoms with van der Waals surface area (Å²) >= 11 is 9.03. The maximum absolute atomic E-state index is 13.6. The average molecular weight is 321 g/mol. The summed E-state index contributed by atoms with van der Waals surface area (Å²) in [6.45, 7) is 0. The molecule has 0 aromatic heterocycles. The summed E-state index contributed by atoms with van der Waals surface area (Å²) in [7, 11) is 0. The van der Waals surface area contributed by atoms with E-state index in [0.717, 1.165) is 19.3 Å². The molecule has 1 aliphatic rings. The van der Waals surface area contributed by atoms with Gasteiger partial charge in [-0.3, -0.25) is 4.79 Å². The molecular weight excluding hydrogens is 308 g/mol. The highest BCUT2D eigenvalue weighted by molar-refractivity contribution is 9.09. The SMILES string of the molecule is O=C(NC1(CBr)CCC1)c1cccc(Cl)c1F. The van der Waals surface area contributed by atoms with Gasteiger partial charge in [0.2, 0.25) is 0 Å². The molecule has 1 N–H and O–H groups in total.